The molecular weight excluding hydrogens is 817 g/mol. The van der Waals surface area contributed by atoms with Gasteiger partial charge in [0.15, 0.2) is 6.10 Å². The third kappa shape index (κ3) is 50.5. The average Bonchev–Trinajstić information content (AvgIpc) is 3.31. The van der Waals surface area contributed by atoms with Crippen LogP contribution in [0, 0.1) is 0 Å². The Kier molecular flexibility index (Phi) is 49.6. The van der Waals surface area contributed by atoms with Crippen LogP contribution in [0.4, 0.5) is 0 Å². The lowest BCUT2D eigenvalue weighted by molar-refractivity contribution is -0.167. The highest BCUT2D eigenvalue weighted by Crippen LogP contribution is 2.12. The lowest BCUT2D eigenvalue weighted by Crippen LogP contribution is -2.30. The number of hydrogen-bond acceptors (Lipinski definition) is 6. The average molecular weight is 911 g/mol. The Morgan fingerprint density at radius 3 is 1.00 bits per heavy atom. The molecule has 0 spiro atoms. The molecule has 0 bridgehead atoms. The van der Waals surface area contributed by atoms with Gasteiger partial charge in [-0.3, -0.25) is 14.4 Å². The zero-order valence-corrected chi connectivity index (χ0v) is 42.1. The zero-order valence-electron chi connectivity index (χ0n) is 42.1. The van der Waals surface area contributed by atoms with E-state index in [0.717, 1.165) is 128 Å². The number of esters is 3. The highest BCUT2D eigenvalue weighted by atomic mass is 16.6. The van der Waals surface area contributed by atoms with E-state index in [-0.39, 0.29) is 37.5 Å². The second-order valence-corrected chi connectivity index (χ2v) is 16.7. The third-order valence-corrected chi connectivity index (χ3v) is 10.4. The Labute approximate surface area is 405 Å². The summed E-state index contributed by atoms with van der Waals surface area (Å²) in [5.74, 6) is -1.03. The predicted octanol–water partition coefficient (Wildman–Crippen LogP) is 17.5. The normalized spacial score (nSPS) is 13.2. The monoisotopic (exact) mass is 911 g/mol. The number of hydrogen-bond donors (Lipinski definition) is 0. The van der Waals surface area contributed by atoms with Crippen LogP contribution < -0.4 is 0 Å². The molecule has 370 valence electrons. The first-order valence-corrected chi connectivity index (χ1v) is 26.2. The lowest BCUT2D eigenvalue weighted by Gasteiger charge is -2.18. The molecule has 0 aromatic rings. The topological polar surface area (TPSA) is 78.9 Å². The third-order valence-electron chi connectivity index (χ3n) is 10.4. The van der Waals surface area contributed by atoms with Gasteiger partial charge in [0.2, 0.25) is 0 Å². The minimum atomic E-state index is -0.829. The molecule has 0 fully saturated rings. The fourth-order valence-corrected chi connectivity index (χ4v) is 6.50. The van der Waals surface area contributed by atoms with Crippen LogP contribution >= 0.6 is 0 Å². The van der Waals surface area contributed by atoms with Crippen LogP contribution in [0.25, 0.3) is 0 Å². The van der Waals surface area contributed by atoms with Gasteiger partial charge in [0, 0.05) is 19.3 Å². The van der Waals surface area contributed by atoms with Crippen molar-refractivity contribution >= 4 is 17.9 Å². The summed E-state index contributed by atoms with van der Waals surface area (Å²) in [6, 6.07) is 0. The summed E-state index contributed by atoms with van der Waals surface area (Å²) in [6.45, 7) is 6.28. The van der Waals surface area contributed by atoms with Gasteiger partial charge in [-0.15, -0.1) is 0 Å². The number of rotatable bonds is 45. The van der Waals surface area contributed by atoms with Crippen molar-refractivity contribution in [2.45, 2.75) is 213 Å². The van der Waals surface area contributed by atoms with Crippen molar-refractivity contribution in [2.75, 3.05) is 13.2 Å². The highest BCUT2D eigenvalue weighted by Gasteiger charge is 2.19. The smallest absolute Gasteiger partial charge is 0.306 e. The van der Waals surface area contributed by atoms with Crippen molar-refractivity contribution in [3.8, 4) is 0 Å². The number of carbonyl (C=O) groups excluding carboxylic acids is 3. The van der Waals surface area contributed by atoms with Crippen molar-refractivity contribution < 1.29 is 28.6 Å². The van der Waals surface area contributed by atoms with Crippen LogP contribution in [0.3, 0.4) is 0 Å². The molecule has 0 N–H and O–H groups in total. The first-order chi connectivity index (χ1) is 32.5. The zero-order chi connectivity index (χ0) is 47.9. The number of unbranched alkanes of at least 4 members (excludes halogenated alkanes) is 12. The van der Waals surface area contributed by atoms with Crippen molar-refractivity contribution in [1.82, 2.24) is 0 Å². The van der Waals surface area contributed by atoms with Crippen LogP contribution in [0.1, 0.15) is 207 Å². The van der Waals surface area contributed by atoms with E-state index < -0.39 is 6.10 Å². The summed E-state index contributed by atoms with van der Waals surface area (Å²) in [5.41, 5.74) is 0. The van der Waals surface area contributed by atoms with Crippen molar-refractivity contribution in [3.63, 3.8) is 0 Å². The molecule has 0 aliphatic carbocycles. The molecule has 1 atom stereocenters. The van der Waals surface area contributed by atoms with Crippen LogP contribution in [-0.4, -0.2) is 37.2 Å². The molecule has 0 rings (SSSR count). The standard InChI is InChI=1S/C60H94O6/c1-4-7-10-13-16-19-22-25-27-29-30-32-33-35-38-41-44-47-50-53-59(62)65-56-57(55-64-58(61)52-49-46-43-40-37-24-21-18-15-12-9-6-3)66-60(63)54-51-48-45-42-39-36-34-31-28-26-23-20-17-14-11-8-5-2/h7-8,10-11,16-21,25-28,30,32,34-36,38,42,45,57H,4-6,9,12-15,22-24,29,31,33,37,39-41,43-44,46-56H2,1-3H3/b10-7-,11-8-,19-16-,20-17-,21-18-,27-25-,28-26-,32-30-,36-34-,38-35-,45-42-/t57-/m1/s1. The number of carbonyl (C=O) groups is 3. The van der Waals surface area contributed by atoms with E-state index in [1.54, 1.807) is 0 Å². The van der Waals surface area contributed by atoms with Gasteiger partial charge in [-0.2, -0.15) is 0 Å². The molecule has 0 saturated heterocycles. The first-order valence-electron chi connectivity index (χ1n) is 26.2. The Hall–Kier alpha value is -4.45. The molecule has 6 nitrogen and oxygen atoms in total. The van der Waals surface area contributed by atoms with E-state index in [9.17, 15) is 14.4 Å². The van der Waals surface area contributed by atoms with E-state index >= 15 is 0 Å². The van der Waals surface area contributed by atoms with Crippen LogP contribution in [0.15, 0.2) is 134 Å². The second kappa shape index (κ2) is 53.2. The Balaban J connectivity index is 4.57. The van der Waals surface area contributed by atoms with Gasteiger partial charge in [0.05, 0.1) is 0 Å². The van der Waals surface area contributed by atoms with Crippen molar-refractivity contribution in [2.24, 2.45) is 0 Å². The van der Waals surface area contributed by atoms with Gasteiger partial charge in [0.25, 0.3) is 0 Å². The molecule has 0 unspecified atom stereocenters. The van der Waals surface area contributed by atoms with Crippen molar-refractivity contribution in [1.29, 1.82) is 0 Å². The summed E-state index contributed by atoms with van der Waals surface area (Å²) in [5, 5.41) is 0. The SMILES string of the molecule is CC/C=C\C/C=C\C/C=C\C/C=C\C/C=C\CCCCCC(=O)OC[C@@H](COC(=O)CCCCCCC/C=C\CCCCC)OC(=O)CCC/C=C\C/C=C\C/C=C\C/C=C\C/C=C\CC. The van der Waals surface area contributed by atoms with E-state index in [1.165, 1.54) is 32.1 Å². The van der Waals surface area contributed by atoms with E-state index in [0.29, 0.717) is 19.3 Å². The molecule has 66 heavy (non-hydrogen) atoms. The molecule has 0 saturated carbocycles. The number of allylic oxidation sites excluding steroid dienone is 22. The summed E-state index contributed by atoms with van der Waals surface area (Å²) >= 11 is 0. The molecule has 0 aromatic heterocycles. The Morgan fingerprint density at radius 2 is 0.606 bits per heavy atom. The lowest BCUT2D eigenvalue weighted by atomic mass is 10.1. The largest absolute Gasteiger partial charge is 0.462 e. The van der Waals surface area contributed by atoms with Gasteiger partial charge >= 0.3 is 17.9 Å². The Bertz CT molecular complexity index is 1460. The van der Waals surface area contributed by atoms with Crippen molar-refractivity contribution in [3.05, 3.63) is 134 Å². The summed E-state index contributed by atoms with van der Waals surface area (Å²) in [4.78, 5) is 38.0. The summed E-state index contributed by atoms with van der Waals surface area (Å²) < 4.78 is 16.7. The quantitative estimate of drug-likeness (QED) is 0.0262. The second-order valence-electron chi connectivity index (χ2n) is 16.7. The van der Waals surface area contributed by atoms with Gasteiger partial charge in [0.1, 0.15) is 13.2 Å². The van der Waals surface area contributed by atoms with Crippen LogP contribution in [-0.2, 0) is 28.6 Å². The summed E-state index contributed by atoms with van der Waals surface area (Å²) in [7, 11) is 0. The molecule has 0 aliphatic rings. The minimum absolute atomic E-state index is 0.121. The van der Waals surface area contributed by atoms with E-state index in [2.05, 4.69) is 154 Å². The maximum Gasteiger partial charge on any atom is 0.306 e. The van der Waals surface area contributed by atoms with Gasteiger partial charge in [-0.05, 0) is 128 Å². The van der Waals surface area contributed by atoms with Gasteiger partial charge in [-0.25, -0.2) is 0 Å². The molecule has 0 amide bonds. The van der Waals surface area contributed by atoms with Gasteiger partial charge in [-0.1, -0.05) is 193 Å². The molecule has 0 radical (unpaired) electrons. The maximum absolute atomic E-state index is 12.8. The first kappa shape index (κ1) is 61.5. The minimum Gasteiger partial charge on any atom is -0.462 e. The molecular formula is C60H94O6. The molecule has 0 heterocycles. The molecule has 6 heteroatoms. The fourth-order valence-electron chi connectivity index (χ4n) is 6.50. The van der Waals surface area contributed by atoms with Crippen LogP contribution in [0.5, 0.6) is 0 Å². The van der Waals surface area contributed by atoms with E-state index in [1.807, 2.05) is 0 Å². The molecule has 0 aliphatic heterocycles. The summed E-state index contributed by atoms with van der Waals surface area (Å²) in [6.07, 6.45) is 74.4. The van der Waals surface area contributed by atoms with E-state index in [4.69, 9.17) is 14.2 Å². The number of ether oxygens (including phenoxy) is 3. The maximum atomic E-state index is 12.8. The predicted molar refractivity (Wildman–Crippen MR) is 283 cm³/mol. The highest BCUT2D eigenvalue weighted by molar-refractivity contribution is 5.71. The molecule has 0 aromatic carbocycles. The fraction of sp³-hybridized carbons (Fsp3) is 0.583. The van der Waals surface area contributed by atoms with Gasteiger partial charge < -0.3 is 14.2 Å². The Morgan fingerprint density at radius 1 is 0.318 bits per heavy atom. The van der Waals surface area contributed by atoms with Crippen LogP contribution in [0.2, 0.25) is 0 Å².